The molecule has 1 N–H and O–H groups in total. The second-order valence-corrected chi connectivity index (χ2v) is 7.72. The Morgan fingerprint density at radius 3 is 2.52 bits per heavy atom. The monoisotopic (exact) mass is 393 g/mol. The number of rotatable bonds is 7. The van der Waals surface area contributed by atoms with Gasteiger partial charge >= 0.3 is 0 Å². The Hall–Kier alpha value is -2.83. The second kappa shape index (κ2) is 8.27. The van der Waals surface area contributed by atoms with Gasteiger partial charge in [-0.1, -0.05) is 18.2 Å². The maximum Gasteiger partial charge on any atom is 0.231 e. The highest BCUT2D eigenvalue weighted by molar-refractivity contribution is 5.44. The first-order valence-electron chi connectivity index (χ1n) is 9.89. The van der Waals surface area contributed by atoms with E-state index in [4.69, 9.17) is 9.47 Å². The van der Waals surface area contributed by atoms with E-state index in [1.54, 1.807) is 0 Å². The van der Waals surface area contributed by atoms with Gasteiger partial charge in [0.25, 0.3) is 0 Å². The summed E-state index contributed by atoms with van der Waals surface area (Å²) in [5.74, 6) is 1.57. The molecule has 0 amide bonds. The van der Waals surface area contributed by atoms with Crippen molar-refractivity contribution in [3.63, 3.8) is 0 Å². The highest BCUT2D eigenvalue weighted by Crippen LogP contribution is 2.33. The van der Waals surface area contributed by atoms with Gasteiger partial charge in [-0.3, -0.25) is 4.90 Å². The van der Waals surface area contributed by atoms with Crippen LogP contribution in [-0.4, -0.2) is 39.2 Å². The SMILES string of the molecule is Cc1cc(C)n(-c2cccc(CN(Cc3ccc4c(c3)OCO4)C[C@@H](C)O)c2)n1. The van der Waals surface area contributed by atoms with Crippen LogP contribution in [0.2, 0.25) is 0 Å². The predicted octanol–water partition coefficient (Wildman–Crippen LogP) is 3.60. The van der Waals surface area contributed by atoms with Crippen molar-refractivity contribution in [2.24, 2.45) is 0 Å². The topological polar surface area (TPSA) is 59.8 Å². The fourth-order valence-electron chi connectivity index (χ4n) is 3.79. The van der Waals surface area contributed by atoms with E-state index in [0.717, 1.165) is 40.7 Å². The molecule has 0 bridgehead atoms. The third-order valence-electron chi connectivity index (χ3n) is 4.94. The Kier molecular flexibility index (Phi) is 5.56. The molecule has 152 valence electrons. The van der Waals surface area contributed by atoms with E-state index in [1.807, 2.05) is 30.7 Å². The van der Waals surface area contributed by atoms with Gasteiger partial charge in [-0.05, 0) is 62.2 Å². The summed E-state index contributed by atoms with van der Waals surface area (Å²) in [5.41, 5.74) is 5.47. The molecule has 2 heterocycles. The Labute approximate surface area is 171 Å². The summed E-state index contributed by atoms with van der Waals surface area (Å²) in [6.45, 7) is 8.18. The summed E-state index contributed by atoms with van der Waals surface area (Å²) in [4.78, 5) is 2.24. The Morgan fingerprint density at radius 1 is 1.03 bits per heavy atom. The third-order valence-corrected chi connectivity index (χ3v) is 4.94. The van der Waals surface area contributed by atoms with Gasteiger partial charge in [0.1, 0.15) is 0 Å². The van der Waals surface area contributed by atoms with Gasteiger partial charge in [0.05, 0.1) is 17.5 Å². The van der Waals surface area contributed by atoms with Crippen LogP contribution in [0, 0.1) is 13.8 Å². The lowest BCUT2D eigenvalue weighted by Gasteiger charge is -2.24. The molecule has 29 heavy (non-hydrogen) atoms. The largest absolute Gasteiger partial charge is 0.454 e. The first kappa shape index (κ1) is 19.5. The van der Waals surface area contributed by atoms with Crippen LogP contribution in [0.5, 0.6) is 11.5 Å². The molecule has 0 fully saturated rings. The molecule has 6 nitrogen and oxygen atoms in total. The standard InChI is InChI=1S/C23H27N3O3/c1-16-9-17(2)26(24-16)21-6-4-5-19(10-21)13-25(12-18(3)27)14-20-7-8-22-23(11-20)29-15-28-22/h4-11,18,27H,12-15H2,1-3H3/t18-/m1/s1. The zero-order chi connectivity index (χ0) is 20.4. The van der Waals surface area contributed by atoms with Crippen LogP contribution in [-0.2, 0) is 13.1 Å². The van der Waals surface area contributed by atoms with Crippen molar-refractivity contribution < 1.29 is 14.6 Å². The maximum atomic E-state index is 10.0. The van der Waals surface area contributed by atoms with Gasteiger partial charge in [0.15, 0.2) is 11.5 Å². The van der Waals surface area contributed by atoms with Crippen LogP contribution in [0.3, 0.4) is 0 Å². The second-order valence-electron chi connectivity index (χ2n) is 7.72. The zero-order valence-electron chi connectivity index (χ0n) is 17.1. The van der Waals surface area contributed by atoms with E-state index in [0.29, 0.717) is 13.1 Å². The molecule has 1 aromatic heterocycles. The number of aliphatic hydroxyl groups is 1. The molecule has 0 aliphatic carbocycles. The van der Waals surface area contributed by atoms with Crippen LogP contribution in [0.15, 0.2) is 48.5 Å². The average Bonchev–Trinajstić information content (AvgIpc) is 3.26. The number of nitrogens with zero attached hydrogens (tertiary/aromatic N) is 3. The van der Waals surface area contributed by atoms with Gasteiger partial charge in [-0.15, -0.1) is 0 Å². The van der Waals surface area contributed by atoms with Gasteiger partial charge in [-0.25, -0.2) is 4.68 Å². The van der Waals surface area contributed by atoms with Crippen LogP contribution in [0.4, 0.5) is 0 Å². The molecule has 1 aliphatic rings. The summed E-state index contributed by atoms with van der Waals surface area (Å²) in [6, 6.07) is 16.5. The van der Waals surface area contributed by atoms with E-state index >= 15 is 0 Å². The van der Waals surface area contributed by atoms with E-state index in [-0.39, 0.29) is 6.79 Å². The molecule has 0 radical (unpaired) electrons. The number of fused-ring (bicyclic) bond motifs is 1. The molecule has 1 atom stereocenters. The lowest BCUT2D eigenvalue weighted by molar-refractivity contribution is 0.118. The fraction of sp³-hybridized carbons (Fsp3) is 0.348. The van der Waals surface area contributed by atoms with Gasteiger partial charge < -0.3 is 14.6 Å². The summed E-state index contributed by atoms with van der Waals surface area (Å²) in [5, 5.41) is 14.6. The quantitative estimate of drug-likeness (QED) is 0.665. The van der Waals surface area contributed by atoms with Crippen molar-refractivity contribution in [3.05, 3.63) is 71.0 Å². The highest BCUT2D eigenvalue weighted by atomic mass is 16.7. The zero-order valence-corrected chi connectivity index (χ0v) is 17.1. The molecule has 4 rings (SSSR count). The van der Waals surface area contributed by atoms with Crippen molar-refractivity contribution in [3.8, 4) is 17.2 Å². The van der Waals surface area contributed by atoms with Crippen molar-refractivity contribution in [2.45, 2.75) is 40.0 Å². The molecule has 3 aromatic rings. The summed E-state index contributed by atoms with van der Waals surface area (Å²) in [7, 11) is 0. The molecular formula is C23H27N3O3. The normalized spacial score (nSPS) is 13.8. The minimum atomic E-state index is -0.414. The Balaban J connectivity index is 1.54. The average molecular weight is 393 g/mol. The predicted molar refractivity (Wildman–Crippen MR) is 111 cm³/mol. The number of benzene rings is 2. The molecular weight excluding hydrogens is 366 g/mol. The molecule has 0 saturated carbocycles. The summed E-state index contributed by atoms with van der Waals surface area (Å²) in [6.07, 6.45) is -0.414. The third kappa shape index (κ3) is 4.60. The van der Waals surface area contributed by atoms with Crippen LogP contribution in [0.25, 0.3) is 5.69 Å². The maximum absolute atomic E-state index is 10.0. The summed E-state index contributed by atoms with van der Waals surface area (Å²) >= 11 is 0. The number of aromatic nitrogens is 2. The Bertz CT molecular complexity index is 997. The van der Waals surface area contributed by atoms with Crippen molar-refractivity contribution in [2.75, 3.05) is 13.3 Å². The molecule has 6 heteroatoms. The number of aliphatic hydroxyl groups excluding tert-OH is 1. The van der Waals surface area contributed by atoms with Crippen LogP contribution < -0.4 is 9.47 Å². The van der Waals surface area contributed by atoms with Crippen molar-refractivity contribution in [1.29, 1.82) is 0 Å². The number of hydrogen-bond donors (Lipinski definition) is 1. The first-order valence-corrected chi connectivity index (χ1v) is 9.89. The van der Waals surface area contributed by atoms with Gasteiger partial charge in [-0.2, -0.15) is 5.10 Å². The van der Waals surface area contributed by atoms with E-state index < -0.39 is 6.10 Å². The Morgan fingerprint density at radius 2 is 1.79 bits per heavy atom. The summed E-state index contributed by atoms with van der Waals surface area (Å²) < 4.78 is 12.9. The van der Waals surface area contributed by atoms with Gasteiger partial charge in [0.2, 0.25) is 6.79 Å². The first-order chi connectivity index (χ1) is 14.0. The molecule has 1 aliphatic heterocycles. The molecule has 0 spiro atoms. The van der Waals surface area contributed by atoms with Crippen molar-refractivity contribution >= 4 is 0 Å². The van der Waals surface area contributed by atoms with Crippen molar-refractivity contribution in [1.82, 2.24) is 14.7 Å². The lowest BCUT2D eigenvalue weighted by atomic mass is 10.1. The van der Waals surface area contributed by atoms with Crippen LogP contribution >= 0.6 is 0 Å². The fourth-order valence-corrected chi connectivity index (χ4v) is 3.79. The minimum absolute atomic E-state index is 0.273. The number of ether oxygens (including phenoxy) is 2. The van der Waals surface area contributed by atoms with E-state index in [9.17, 15) is 5.11 Å². The van der Waals surface area contributed by atoms with E-state index in [2.05, 4.69) is 53.3 Å². The highest BCUT2D eigenvalue weighted by Gasteiger charge is 2.16. The molecule has 0 unspecified atom stereocenters. The molecule has 2 aromatic carbocycles. The smallest absolute Gasteiger partial charge is 0.231 e. The van der Waals surface area contributed by atoms with E-state index in [1.165, 1.54) is 5.56 Å². The number of aryl methyl sites for hydroxylation is 2. The van der Waals surface area contributed by atoms with Gasteiger partial charge in [0, 0.05) is 25.3 Å². The minimum Gasteiger partial charge on any atom is -0.454 e. The van der Waals surface area contributed by atoms with Crippen LogP contribution in [0.1, 0.15) is 29.4 Å². The lowest BCUT2D eigenvalue weighted by Crippen LogP contribution is -2.30. The molecule has 0 saturated heterocycles. The number of hydrogen-bond acceptors (Lipinski definition) is 5.